The van der Waals surface area contributed by atoms with Crippen LogP contribution in [0, 0.1) is 5.41 Å². The first kappa shape index (κ1) is 14.9. The number of nitrogens with two attached hydrogens (primary N) is 1. The van der Waals surface area contributed by atoms with Crippen molar-refractivity contribution < 1.29 is 14.6 Å². The van der Waals surface area contributed by atoms with Crippen LogP contribution in [0.3, 0.4) is 0 Å². The first-order valence-corrected chi connectivity index (χ1v) is 6.76. The molecule has 3 N–H and O–H groups in total. The summed E-state index contributed by atoms with van der Waals surface area (Å²) in [6.45, 7) is 5.36. The van der Waals surface area contributed by atoms with Crippen LogP contribution in [-0.4, -0.2) is 44.2 Å². The van der Waals surface area contributed by atoms with Crippen molar-refractivity contribution in [1.29, 1.82) is 0 Å². The lowest BCUT2D eigenvalue weighted by molar-refractivity contribution is -0.0483. The van der Waals surface area contributed by atoms with Gasteiger partial charge in [0.2, 0.25) is 0 Å². The summed E-state index contributed by atoms with van der Waals surface area (Å²) in [5.74, 6) is 0. The Bertz CT molecular complexity index is 193. The van der Waals surface area contributed by atoms with Gasteiger partial charge in [-0.25, -0.2) is 0 Å². The summed E-state index contributed by atoms with van der Waals surface area (Å²) in [5.41, 5.74) is 5.80. The monoisotopic (exact) mass is 245 g/mol. The predicted octanol–water partition coefficient (Wildman–Crippen LogP) is 1.31. The van der Waals surface area contributed by atoms with E-state index in [-0.39, 0.29) is 5.41 Å². The van der Waals surface area contributed by atoms with Gasteiger partial charge in [-0.2, -0.15) is 0 Å². The first-order valence-electron chi connectivity index (χ1n) is 6.76. The Kier molecular flexibility index (Phi) is 7.04. The predicted molar refractivity (Wildman–Crippen MR) is 67.9 cm³/mol. The third-order valence-electron chi connectivity index (χ3n) is 3.46. The molecule has 0 aromatic rings. The van der Waals surface area contributed by atoms with Crippen molar-refractivity contribution in [2.45, 2.75) is 45.1 Å². The normalized spacial score (nSPS) is 27.0. The third-order valence-corrected chi connectivity index (χ3v) is 3.46. The van der Waals surface area contributed by atoms with Crippen molar-refractivity contribution >= 4 is 0 Å². The van der Waals surface area contributed by atoms with Crippen LogP contribution in [0.1, 0.15) is 39.0 Å². The van der Waals surface area contributed by atoms with E-state index in [1.807, 2.05) is 0 Å². The van der Waals surface area contributed by atoms with Gasteiger partial charge in [-0.1, -0.05) is 13.3 Å². The highest BCUT2D eigenvalue weighted by molar-refractivity contribution is 4.85. The van der Waals surface area contributed by atoms with Crippen molar-refractivity contribution in [3.8, 4) is 0 Å². The van der Waals surface area contributed by atoms with E-state index >= 15 is 0 Å². The summed E-state index contributed by atoms with van der Waals surface area (Å²) < 4.78 is 10.9. The van der Waals surface area contributed by atoms with E-state index in [0.29, 0.717) is 26.2 Å². The zero-order chi connectivity index (χ0) is 12.6. The van der Waals surface area contributed by atoms with Crippen LogP contribution >= 0.6 is 0 Å². The molecule has 0 aromatic carbocycles. The van der Waals surface area contributed by atoms with Crippen LogP contribution < -0.4 is 5.73 Å². The molecule has 0 aromatic heterocycles. The topological polar surface area (TPSA) is 64.7 Å². The molecule has 0 radical (unpaired) electrons. The molecule has 1 aliphatic rings. The van der Waals surface area contributed by atoms with Crippen molar-refractivity contribution in [2.24, 2.45) is 11.1 Å². The van der Waals surface area contributed by atoms with Gasteiger partial charge in [0.1, 0.15) is 0 Å². The lowest BCUT2D eigenvalue weighted by Crippen LogP contribution is -2.42. The smallest absolute Gasteiger partial charge is 0.0780 e. The second-order valence-electron chi connectivity index (χ2n) is 5.15. The van der Waals surface area contributed by atoms with E-state index in [4.69, 9.17) is 15.2 Å². The zero-order valence-electron chi connectivity index (χ0n) is 11.0. The quantitative estimate of drug-likeness (QED) is 0.633. The number of aliphatic hydroxyl groups is 1. The number of unbranched alkanes of at least 4 members (excludes halogenated alkanes) is 1. The Morgan fingerprint density at radius 3 is 2.94 bits per heavy atom. The number of hydrogen-bond acceptors (Lipinski definition) is 4. The van der Waals surface area contributed by atoms with Crippen LogP contribution in [0.4, 0.5) is 0 Å². The molecule has 0 spiro atoms. The maximum Gasteiger partial charge on any atom is 0.0780 e. The summed E-state index contributed by atoms with van der Waals surface area (Å²) in [5, 5.41) is 9.96. The van der Waals surface area contributed by atoms with Crippen LogP contribution in [0.5, 0.6) is 0 Å². The van der Waals surface area contributed by atoms with Crippen molar-refractivity contribution in [1.82, 2.24) is 0 Å². The zero-order valence-corrected chi connectivity index (χ0v) is 11.0. The molecule has 1 fully saturated rings. The van der Waals surface area contributed by atoms with Gasteiger partial charge in [0.25, 0.3) is 0 Å². The van der Waals surface area contributed by atoms with E-state index in [0.717, 1.165) is 38.9 Å². The van der Waals surface area contributed by atoms with Crippen molar-refractivity contribution in [3.63, 3.8) is 0 Å². The molecule has 2 unspecified atom stereocenters. The number of aliphatic hydroxyl groups excluding tert-OH is 1. The number of ether oxygens (including phenoxy) is 2. The standard InChI is InChI=1S/C13H27NO3/c1-2-3-6-16-9-12(15)8-13(10-14)5-4-7-17-11-13/h12,15H,2-11,14H2,1H3. The van der Waals surface area contributed by atoms with Gasteiger partial charge in [-0.3, -0.25) is 0 Å². The Morgan fingerprint density at radius 2 is 2.35 bits per heavy atom. The highest BCUT2D eigenvalue weighted by Crippen LogP contribution is 2.32. The molecular weight excluding hydrogens is 218 g/mol. The molecule has 4 nitrogen and oxygen atoms in total. The van der Waals surface area contributed by atoms with E-state index < -0.39 is 6.10 Å². The van der Waals surface area contributed by atoms with E-state index in [2.05, 4.69) is 6.92 Å². The van der Waals surface area contributed by atoms with Crippen LogP contribution in [0.25, 0.3) is 0 Å². The fraction of sp³-hybridized carbons (Fsp3) is 1.00. The molecule has 1 rings (SSSR count). The average Bonchev–Trinajstić information content (AvgIpc) is 2.36. The Hall–Kier alpha value is -0.160. The molecule has 1 heterocycles. The molecule has 1 saturated heterocycles. The molecular formula is C13H27NO3. The second kappa shape index (κ2) is 8.03. The molecule has 102 valence electrons. The fourth-order valence-electron chi connectivity index (χ4n) is 2.34. The second-order valence-corrected chi connectivity index (χ2v) is 5.15. The van der Waals surface area contributed by atoms with E-state index in [1.165, 1.54) is 0 Å². The van der Waals surface area contributed by atoms with E-state index in [1.54, 1.807) is 0 Å². The molecule has 0 aliphatic carbocycles. The highest BCUT2D eigenvalue weighted by atomic mass is 16.5. The van der Waals surface area contributed by atoms with Gasteiger partial charge in [0.05, 0.1) is 19.3 Å². The van der Waals surface area contributed by atoms with E-state index in [9.17, 15) is 5.11 Å². The van der Waals surface area contributed by atoms with Gasteiger partial charge in [0.15, 0.2) is 0 Å². The van der Waals surface area contributed by atoms with Crippen LogP contribution in [0.15, 0.2) is 0 Å². The van der Waals surface area contributed by atoms with Crippen LogP contribution in [-0.2, 0) is 9.47 Å². The molecule has 0 saturated carbocycles. The number of rotatable bonds is 8. The molecule has 4 heteroatoms. The average molecular weight is 245 g/mol. The first-order chi connectivity index (χ1) is 8.22. The minimum absolute atomic E-state index is 0.0359. The van der Waals surface area contributed by atoms with Gasteiger partial charge in [0, 0.05) is 25.2 Å². The largest absolute Gasteiger partial charge is 0.391 e. The lowest BCUT2D eigenvalue weighted by Gasteiger charge is -2.37. The minimum atomic E-state index is -0.419. The molecule has 0 amide bonds. The van der Waals surface area contributed by atoms with Crippen molar-refractivity contribution in [3.05, 3.63) is 0 Å². The third kappa shape index (κ3) is 5.34. The maximum atomic E-state index is 9.96. The minimum Gasteiger partial charge on any atom is -0.391 e. The summed E-state index contributed by atoms with van der Waals surface area (Å²) in [6, 6.07) is 0. The molecule has 0 bridgehead atoms. The summed E-state index contributed by atoms with van der Waals surface area (Å²) in [6.07, 6.45) is 4.54. The van der Waals surface area contributed by atoms with Crippen LogP contribution in [0.2, 0.25) is 0 Å². The summed E-state index contributed by atoms with van der Waals surface area (Å²) in [4.78, 5) is 0. The lowest BCUT2D eigenvalue weighted by atomic mass is 9.78. The maximum absolute atomic E-state index is 9.96. The number of hydrogen-bond donors (Lipinski definition) is 2. The summed E-state index contributed by atoms with van der Waals surface area (Å²) >= 11 is 0. The molecule has 17 heavy (non-hydrogen) atoms. The van der Waals surface area contributed by atoms with Gasteiger partial charge in [-0.15, -0.1) is 0 Å². The van der Waals surface area contributed by atoms with Gasteiger partial charge >= 0.3 is 0 Å². The fourth-order valence-corrected chi connectivity index (χ4v) is 2.34. The van der Waals surface area contributed by atoms with Gasteiger partial charge in [-0.05, 0) is 25.7 Å². The summed E-state index contributed by atoms with van der Waals surface area (Å²) in [7, 11) is 0. The molecule has 1 aliphatic heterocycles. The Labute approximate surface area is 104 Å². The van der Waals surface area contributed by atoms with Gasteiger partial charge < -0.3 is 20.3 Å². The Balaban J connectivity index is 2.24. The Morgan fingerprint density at radius 1 is 1.53 bits per heavy atom. The molecule has 2 atom stereocenters. The SMILES string of the molecule is CCCCOCC(O)CC1(CN)CCCOC1. The highest BCUT2D eigenvalue weighted by Gasteiger charge is 2.33. The van der Waals surface area contributed by atoms with Crippen molar-refractivity contribution in [2.75, 3.05) is 33.0 Å².